The summed E-state index contributed by atoms with van der Waals surface area (Å²) in [4.78, 5) is 16.7. The summed E-state index contributed by atoms with van der Waals surface area (Å²) in [6.45, 7) is 1.74. The second-order valence-corrected chi connectivity index (χ2v) is 6.15. The van der Waals surface area contributed by atoms with Gasteiger partial charge in [0.1, 0.15) is 11.4 Å². The van der Waals surface area contributed by atoms with Gasteiger partial charge in [-0.2, -0.15) is 4.98 Å². The number of carbonyl (C=O) groups is 1. The van der Waals surface area contributed by atoms with Gasteiger partial charge in [-0.15, -0.1) is 0 Å². The lowest BCUT2D eigenvalue weighted by Gasteiger charge is -2.34. The Morgan fingerprint density at radius 2 is 1.96 bits per heavy atom. The molecule has 0 spiro atoms. The first-order valence-corrected chi connectivity index (χ1v) is 8.14. The minimum Gasteiger partial charge on any atom is -0.340 e. The Hall–Kier alpha value is -2.50. The molecule has 1 saturated carbocycles. The van der Waals surface area contributed by atoms with Crippen molar-refractivity contribution in [3.63, 3.8) is 0 Å². The van der Waals surface area contributed by atoms with Gasteiger partial charge in [-0.25, -0.2) is 4.39 Å². The molecule has 3 rings (SSSR count). The van der Waals surface area contributed by atoms with E-state index in [1.54, 1.807) is 25.1 Å². The van der Waals surface area contributed by atoms with Crippen LogP contribution in [0.3, 0.4) is 0 Å². The summed E-state index contributed by atoms with van der Waals surface area (Å²) in [5.41, 5.74) is 0.194. The lowest BCUT2D eigenvalue weighted by Crippen LogP contribution is -2.47. The molecule has 1 aromatic heterocycles. The second-order valence-electron chi connectivity index (χ2n) is 6.15. The molecule has 1 N–H and O–H groups in total. The topological polar surface area (TPSA) is 68.0 Å². The molecule has 1 aliphatic rings. The predicted octanol–water partition coefficient (Wildman–Crippen LogP) is 3.51. The third-order valence-corrected chi connectivity index (χ3v) is 4.32. The molecule has 5 nitrogen and oxygen atoms in total. The maximum Gasteiger partial charge on any atom is 0.244 e. The van der Waals surface area contributed by atoms with E-state index in [-0.39, 0.29) is 11.7 Å². The van der Waals surface area contributed by atoms with E-state index in [1.807, 2.05) is 0 Å². The summed E-state index contributed by atoms with van der Waals surface area (Å²) < 4.78 is 18.0. The first-order chi connectivity index (χ1) is 11.6. The summed E-state index contributed by atoms with van der Waals surface area (Å²) >= 11 is 0. The minimum absolute atomic E-state index is 0.219. The minimum atomic E-state index is -0.569. The highest BCUT2D eigenvalue weighted by Gasteiger charge is 2.39. The summed E-state index contributed by atoms with van der Waals surface area (Å²) in [5, 5.41) is 7.08. The Morgan fingerprint density at radius 1 is 1.25 bits per heavy atom. The maximum atomic E-state index is 12.9. The van der Waals surface area contributed by atoms with E-state index in [1.165, 1.54) is 18.2 Å². The quantitative estimate of drug-likeness (QED) is 0.872. The number of aryl methyl sites for hydroxylation is 1. The van der Waals surface area contributed by atoms with E-state index >= 15 is 0 Å². The van der Waals surface area contributed by atoms with E-state index in [0.29, 0.717) is 11.7 Å². The molecule has 24 heavy (non-hydrogen) atoms. The SMILES string of the molecule is Cc1nc(C2(NC(=O)C=Cc3ccc(F)cc3)CCCCC2)no1. The lowest BCUT2D eigenvalue weighted by atomic mass is 9.81. The van der Waals surface area contributed by atoms with E-state index in [4.69, 9.17) is 4.52 Å². The number of amides is 1. The molecule has 2 aromatic rings. The Labute approximate surface area is 140 Å². The van der Waals surface area contributed by atoms with E-state index < -0.39 is 5.54 Å². The van der Waals surface area contributed by atoms with Crippen LogP contribution in [0.15, 0.2) is 34.9 Å². The third kappa shape index (κ3) is 3.69. The summed E-state index contributed by atoms with van der Waals surface area (Å²) in [6, 6.07) is 5.97. The molecule has 1 fully saturated rings. The van der Waals surface area contributed by atoms with Gasteiger partial charge < -0.3 is 9.84 Å². The lowest BCUT2D eigenvalue weighted by molar-refractivity contribution is -0.119. The van der Waals surface area contributed by atoms with Gasteiger partial charge in [-0.1, -0.05) is 36.6 Å². The fraction of sp³-hybridized carbons (Fsp3) is 0.389. The Kier molecular flexibility index (Phi) is 4.74. The Bertz CT molecular complexity index is 731. The van der Waals surface area contributed by atoms with Crippen LogP contribution >= 0.6 is 0 Å². The van der Waals surface area contributed by atoms with E-state index in [0.717, 1.165) is 37.7 Å². The zero-order valence-corrected chi connectivity index (χ0v) is 13.6. The molecule has 126 valence electrons. The second kappa shape index (κ2) is 6.95. The first kappa shape index (κ1) is 16.4. The van der Waals surface area contributed by atoms with Crippen LogP contribution < -0.4 is 5.32 Å². The van der Waals surface area contributed by atoms with Gasteiger partial charge in [0.15, 0.2) is 5.82 Å². The van der Waals surface area contributed by atoms with Crippen molar-refractivity contribution in [3.05, 3.63) is 53.4 Å². The van der Waals surface area contributed by atoms with Crippen LogP contribution in [0, 0.1) is 12.7 Å². The fourth-order valence-corrected chi connectivity index (χ4v) is 3.08. The number of nitrogens with one attached hydrogen (secondary N) is 1. The van der Waals surface area contributed by atoms with Gasteiger partial charge in [-0.05, 0) is 36.6 Å². The predicted molar refractivity (Wildman–Crippen MR) is 87.4 cm³/mol. The van der Waals surface area contributed by atoms with Gasteiger partial charge in [0.25, 0.3) is 0 Å². The van der Waals surface area contributed by atoms with Crippen molar-refractivity contribution in [1.82, 2.24) is 15.5 Å². The van der Waals surface area contributed by atoms with E-state index in [9.17, 15) is 9.18 Å². The number of aromatic nitrogens is 2. The van der Waals surface area contributed by atoms with Crippen molar-refractivity contribution in [2.24, 2.45) is 0 Å². The smallest absolute Gasteiger partial charge is 0.244 e. The van der Waals surface area contributed by atoms with Crippen LogP contribution in [-0.2, 0) is 10.3 Å². The first-order valence-electron chi connectivity index (χ1n) is 8.14. The highest BCUT2D eigenvalue weighted by molar-refractivity contribution is 5.92. The van der Waals surface area contributed by atoms with Crippen LogP contribution in [0.25, 0.3) is 6.08 Å². The summed E-state index contributed by atoms with van der Waals surface area (Å²) in [6.07, 6.45) is 7.86. The monoisotopic (exact) mass is 329 g/mol. The maximum absolute atomic E-state index is 12.9. The molecule has 6 heteroatoms. The largest absolute Gasteiger partial charge is 0.340 e. The van der Waals surface area contributed by atoms with Crippen LogP contribution in [0.1, 0.15) is 49.4 Å². The Balaban J connectivity index is 1.75. The van der Waals surface area contributed by atoms with Crippen molar-refractivity contribution in [2.75, 3.05) is 0 Å². The Morgan fingerprint density at radius 3 is 2.58 bits per heavy atom. The third-order valence-electron chi connectivity index (χ3n) is 4.32. The van der Waals surface area contributed by atoms with Gasteiger partial charge in [0.2, 0.25) is 11.8 Å². The normalized spacial score (nSPS) is 17.1. The molecule has 0 aliphatic heterocycles. The van der Waals surface area contributed by atoms with Crippen LogP contribution in [0.5, 0.6) is 0 Å². The number of benzene rings is 1. The van der Waals surface area contributed by atoms with Crippen molar-refractivity contribution in [1.29, 1.82) is 0 Å². The van der Waals surface area contributed by atoms with Crippen LogP contribution in [0.2, 0.25) is 0 Å². The summed E-state index contributed by atoms with van der Waals surface area (Å²) in [5.74, 6) is 0.517. The van der Waals surface area contributed by atoms with Crippen molar-refractivity contribution < 1.29 is 13.7 Å². The molecular formula is C18H20FN3O2. The average molecular weight is 329 g/mol. The molecule has 0 atom stereocenters. The number of halogens is 1. The number of hydrogen-bond acceptors (Lipinski definition) is 4. The van der Waals surface area contributed by atoms with Crippen molar-refractivity contribution >= 4 is 12.0 Å². The fourth-order valence-electron chi connectivity index (χ4n) is 3.08. The van der Waals surface area contributed by atoms with Gasteiger partial charge >= 0.3 is 0 Å². The average Bonchev–Trinajstić information content (AvgIpc) is 3.02. The highest BCUT2D eigenvalue weighted by atomic mass is 19.1. The zero-order valence-electron chi connectivity index (χ0n) is 13.6. The molecule has 1 heterocycles. The standard InChI is InChI=1S/C18H20FN3O2/c1-13-20-17(22-24-13)18(11-3-2-4-12-18)21-16(23)10-7-14-5-8-15(19)9-6-14/h5-10H,2-4,11-12H2,1H3,(H,21,23). The van der Waals surface area contributed by atoms with Gasteiger partial charge in [0, 0.05) is 13.0 Å². The van der Waals surface area contributed by atoms with Crippen LogP contribution in [0.4, 0.5) is 4.39 Å². The molecule has 0 saturated heterocycles. The highest BCUT2D eigenvalue weighted by Crippen LogP contribution is 2.35. The number of nitrogens with zero attached hydrogens (tertiary/aromatic N) is 2. The van der Waals surface area contributed by atoms with Gasteiger partial charge in [-0.3, -0.25) is 4.79 Å². The number of rotatable bonds is 4. The molecule has 0 unspecified atom stereocenters. The molecule has 1 aromatic carbocycles. The molecular weight excluding hydrogens is 309 g/mol. The number of hydrogen-bond donors (Lipinski definition) is 1. The number of carbonyl (C=O) groups excluding carboxylic acids is 1. The summed E-state index contributed by atoms with van der Waals surface area (Å²) in [7, 11) is 0. The zero-order chi connectivity index (χ0) is 17.0. The molecule has 0 radical (unpaired) electrons. The van der Waals surface area contributed by atoms with Crippen molar-refractivity contribution in [2.45, 2.75) is 44.6 Å². The van der Waals surface area contributed by atoms with Gasteiger partial charge in [0.05, 0.1) is 0 Å². The van der Waals surface area contributed by atoms with Crippen LogP contribution in [-0.4, -0.2) is 16.0 Å². The van der Waals surface area contributed by atoms with Crippen molar-refractivity contribution in [3.8, 4) is 0 Å². The molecule has 1 amide bonds. The molecule has 0 bridgehead atoms. The molecule has 1 aliphatic carbocycles. The van der Waals surface area contributed by atoms with E-state index in [2.05, 4.69) is 15.5 Å².